The molecular weight excluding hydrogens is 449 g/mol. The van der Waals surface area contributed by atoms with Crippen LogP contribution in [-0.4, -0.2) is 45.8 Å². The molecule has 3 rings (SSSR count). The van der Waals surface area contributed by atoms with E-state index in [1.807, 2.05) is 6.26 Å². The van der Waals surface area contributed by atoms with Crippen LogP contribution >= 0.6 is 27.7 Å². The standard InChI is InChI=1S/C19H25BrFN3O3S/c1-18(2,3)27-17(26)24-12(7-19(4)8-13(19)24)16(25)23-15-10(9-28-5)6-11(21)14(20)22-15/h6,12-13H,7-9H2,1-5H3,(H,22,23,25)/t12?,13-,19+/m1/s1. The van der Waals surface area contributed by atoms with Crippen molar-refractivity contribution in [2.45, 2.75) is 64.0 Å². The smallest absolute Gasteiger partial charge is 0.411 e. The van der Waals surface area contributed by atoms with Gasteiger partial charge >= 0.3 is 6.09 Å². The van der Waals surface area contributed by atoms with Gasteiger partial charge < -0.3 is 10.1 Å². The molecule has 2 heterocycles. The third-order valence-electron chi connectivity index (χ3n) is 5.10. The van der Waals surface area contributed by atoms with Crippen molar-refractivity contribution in [1.29, 1.82) is 0 Å². The van der Waals surface area contributed by atoms with Crippen LogP contribution in [0.5, 0.6) is 0 Å². The van der Waals surface area contributed by atoms with Gasteiger partial charge in [0.05, 0.1) is 0 Å². The van der Waals surface area contributed by atoms with E-state index >= 15 is 0 Å². The van der Waals surface area contributed by atoms with Crippen LogP contribution in [0.4, 0.5) is 15.0 Å². The number of likely N-dealkylation sites (tertiary alicyclic amines) is 1. The van der Waals surface area contributed by atoms with Crippen LogP contribution in [0, 0.1) is 11.2 Å². The maximum atomic E-state index is 13.9. The first-order chi connectivity index (χ1) is 12.9. The van der Waals surface area contributed by atoms with Crippen molar-refractivity contribution in [3.05, 3.63) is 22.1 Å². The summed E-state index contributed by atoms with van der Waals surface area (Å²) >= 11 is 4.57. The number of thioether (sulfide) groups is 1. The predicted octanol–water partition coefficient (Wildman–Crippen LogP) is 4.57. The number of piperidine rings is 1. The van der Waals surface area contributed by atoms with Crippen LogP contribution in [0.3, 0.4) is 0 Å². The van der Waals surface area contributed by atoms with Crippen molar-refractivity contribution in [2.24, 2.45) is 5.41 Å². The molecule has 1 aliphatic carbocycles. The highest BCUT2D eigenvalue weighted by molar-refractivity contribution is 9.10. The molecule has 1 N–H and O–H groups in total. The Kier molecular flexibility index (Phi) is 5.71. The first-order valence-corrected chi connectivity index (χ1v) is 11.3. The molecule has 1 aliphatic heterocycles. The number of hydrogen-bond acceptors (Lipinski definition) is 5. The number of ether oxygens (including phenoxy) is 1. The number of nitrogens with zero attached hydrogens (tertiary/aromatic N) is 2. The number of carbonyl (C=O) groups is 2. The Bertz CT molecular complexity index is 816. The maximum absolute atomic E-state index is 13.9. The zero-order chi connectivity index (χ0) is 20.9. The molecule has 3 atom stereocenters. The van der Waals surface area contributed by atoms with Crippen LogP contribution < -0.4 is 5.32 Å². The molecule has 154 valence electrons. The SMILES string of the molecule is CSCc1cc(F)c(Br)nc1NC(=O)C1C[C@@]2(C)C[C@H]2N1C(=O)OC(C)(C)C. The maximum Gasteiger partial charge on any atom is 0.411 e. The minimum atomic E-state index is -0.638. The Labute approximate surface area is 177 Å². The summed E-state index contributed by atoms with van der Waals surface area (Å²) in [5.41, 5.74) is -0.0988. The topological polar surface area (TPSA) is 71.5 Å². The number of amides is 2. The zero-order valence-electron chi connectivity index (χ0n) is 16.6. The lowest BCUT2D eigenvalue weighted by molar-refractivity contribution is -0.121. The number of pyridine rings is 1. The van der Waals surface area contributed by atoms with Gasteiger partial charge in [0.25, 0.3) is 0 Å². The molecule has 1 saturated carbocycles. The van der Waals surface area contributed by atoms with Gasteiger partial charge in [-0.2, -0.15) is 11.8 Å². The van der Waals surface area contributed by atoms with E-state index in [9.17, 15) is 14.0 Å². The monoisotopic (exact) mass is 473 g/mol. The Balaban J connectivity index is 1.82. The summed E-state index contributed by atoms with van der Waals surface area (Å²) in [6.07, 6.45) is 2.86. The number of fused-ring (bicyclic) bond motifs is 1. The number of nitrogens with one attached hydrogen (secondary N) is 1. The van der Waals surface area contributed by atoms with Crippen LogP contribution in [0.25, 0.3) is 0 Å². The molecule has 2 amide bonds. The summed E-state index contributed by atoms with van der Waals surface area (Å²) in [6.45, 7) is 7.48. The highest BCUT2D eigenvalue weighted by atomic mass is 79.9. The minimum Gasteiger partial charge on any atom is -0.444 e. The normalized spacial score (nSPS) is 26.0. The van der Waals surface area contributed by atoms with Crippen molar-refractivity contribution in [3.8, 4) is 0 Å². The Morgan fingerprint density at radius 1 is 1.46 bits per heavy atom. The van der Waals surface area contributed by atoms with Crippen molar-refractivity contribution in [1.82, 2.24) is 9.88 Å². The Morgan fingerprint density at radius 2 is 2.14 bits per heavy atom. The summed E-state index contributed by atoms with van der Waals surface area (Å²) in [7, 11) is 0. The lowest BCUT2D eigenvalue weighted by atomic mass is 10.0. The molecular formula is C19H25BrFN3O3S. The van der Waals surface area contributed by atoms with E-state index in [0.29, 0.717) is 23.6 Å². The minimum absolute atomic E-state index is 0.0108. The van der Waals surface area contributed by atoms with Crippen LogP contribution in [0.2, 0.25) is 0 Å². The molecule has 9 heteroatoms. The number of rotatable bonds is 4. The average molecular weight is 474 g/mol. The van der Waals surface area contributed by atoms with E-state index in [1.165, 1.54) is 17.8 Å². The Hall–Kier alpha value is -1.35. The van der Waals surface area contributed by atoms with Crippen molar-refractivity contribution in [3.63, 3.8) is 0 Å². The third-order valence-corrected chi connectivity index (χ3v) is 6.25. The van der Waals surface area contributed by atoms with Gasteiger partial charge in [0, 0.05) is 17.4 Å². The van der Waals surface area contributed by atoms with Gasteiger partial charge in [0.2, 0.25) is 5.91 Å². The van der Waals surface area contributed by atoms with E-state index in [-0.39, 0.29) is 22.0 Å². The molecule has 0 radical (unpaired) electrons. The zero-order valence-corrected chi connectivity index (χ0v) is 19.0. The van der Waals surface area contributed by atoms with Gasteiger partial charge in [0.15, 0.2) is 5.82 Å². The number of aromatic nitrogens is 1. The molecule has 28 heavy (non-hydrogen) atoms. The molecule has 0 aromatic carbocycles. The lowest BCUT2D eigenvalue weighted by Gasteiger charge is -2.30. The fraction of sp³-hybridized carbons (Fsp3) is 0.632. The highest BCUT2D eigenvalue weighted by Gasteiger charge is 2.65. The molecule has 2 fully saturated rings. The van der Waals surface area contributed by atoms with Gasteiger partial charge in [-0.15, -0.1) is 0 Å². The highest BCUT2D eigenvalue weighted by Crippen LogP contribution is 2.59. The fourth-order valence-electron chi connectivity index (χ4n) is 3.66. The van der Waals surface area contributed by atoms with Gasteiger partial charge in [0.1, 0.15) is 22.1 Å². The first-order valence-electron chi connectivity index (χ1n) is 9.11. The van der Waals surface area contributed by atoms with Crippen molar-refractivity contribution >= 4 is 45.5 Å². The molecule has 1 saturated heterocycles. The molecule has 1 aromatic heterocycles. The summed E-state index contributed by atoms with van der Waals surface area (Å²) in [4.78, 5) is 31.5. The van der Waals surface area contributed by atoms with Crippen LogP contribution in [0.15, 0.2) is 10.7 Å². The van der Waals surface area contributed by atoms with Crippen LogP contribution in [0.1, 0.15) is 46.1 Å². The lowest BCUT2D eigenvalue weighted by Crippen LogP contribution is -2.47. The van der Waals surface area contributed by atoms with Crippen LogP contribution in [-0.2, 0) is 15.3 Å². The van der Waals surface area contributed by atoms with Gasteiger partial charge in [-0.25, -0.2) is 14.2 Å². The van der Waals surface area contributed by atoms with E-state index in [4.69, 9.17) is 4.74 Å². The quantitative estimate of drug-likeness (QED) is 0.648. The molecule has 1 unspecified atom stereocenters. The van der Waals surface area contributed by atoms with Gasteiger partial charge in [-0.1, -0.05) is 6.92 Å². The van der Waals surface area contributed by atoms with E-state index < -0.39 is 23.6 Å². The van der Waals surface area contributed by atoms with Gasteiger partial charge in [-0.05, 0) is 67.3 Å². The predicted molar refractivity (Wildman–Crippen MR) is 111 cm³/mol. The van der Waals surface area contributed by atoms with Crippen molar-refractivity contribution in [2.75, 3.05) is 11.6 Å². The van der Waals surface area contributed by atoms with E-state index in [1.54, 1.807) is 25.7 Å². The fourth-order valence-corrected chi connectivity index (χ4v) is 4.48. The molecule has 2 aliphatic rings. The molecule has 1 aromatic rings. The van der Waals surface area contributed by atoms with E-state index in [0.717, 1.165) is 6.42 Å². The second kappa shape index (κ2) is 7.48. The summed E-state index contributed by atoms with van der Waals surface area (Å²) in [5.74, 6) is 0.00957. The third kappa shape index (κ3) is 4.30. The van der Waals surface area contributed by atoms with Gasteiger partial charge in [-0.3, -0.25) is 9.69 Å². The number of halogens is 2. The number of hydrogen-bond donors (Lipinski definition) is 1. The number of anilines is 1. The average Bonchev–Trinajstić information content (AvgIpc) is 3.11. The summed E-state index contributed by atoms with van der Waals surface area (Å²) in [5, 5.41) is 2.80. The molecule has 0 bridgehead atoms. The molecule has 0 spiro atoms. The molecule has 6 nitrogen and oxygen atoms in total. The first kappa shape index (κ1) is 21.4. The summed E-state index contributed by atoms with van der Waals surface area (Å²) in [6, 6.07) is 0.741. The summed E-state index contributed by atoms with van der Waals surface area (Å²) < 4.78 is 19.4. The second-order valence-corrected chi connectivity index (χ2v) is 10.3. The van der Waals surface area contributed by atoms with Crippen molar-refractivity contribution < 1.29 is 18.7 Å². The second-order valence-electron chi connectivity index (χ2n) is 8.67. The number of carbonyl (C=O) groups excluding carboxylic acids is 2. The largest absolute Gasteiger partial charge is 0.444 e. The Morgan fingerprint density at radius 3 is 2.75 bits per heavy atom. The van der Waals surface area contributed by atoms with E-state index in [2.05, 4.69) is 33.2 Å².